The van der Waals surface area contributed by atoms with Crippen LogP contribution in [0.25, 0.3) is 0 Å². The third-order valence-electron chi connectivity index (χ3n) is 3.50. The van der Waals surface area contributed by atoms with Crippen molar-refractivity contribution in [1.29, 1.82) is 0 Å². The number of aromatic amines is 1. The monoisotopic (exact) mass is 291 g/mol. The van der Waals surface area contributed by atoms with E-state index in [2.05, 4.69) is 24.0 Å². The molecule has 0 atom stereocenters. The van der Waals surface area contributed by atoms with E-state index >= 15 is 0 Å². The predicted octanol–water partition coefficient (Wildman–Crippen LogP) is 1.96. The highest BCUT2D eigenvalue weighted by Crippen LogP contribution is 2.32. The van der Waals surface area contributed by atoms with Crippen LogP contribution in [0.5, 0.6) is 0 Å². The zero-order valence-electron chi connectivity index (χ0n) is 10.6. The lowest BCUT2D eigenvalue weighted by atomic mass is 9.83. The number of hydrogen-bond donors (Lipinski definition) is 1. The van der Waals surface area contributed by atoms with Crippen LogP contribution < -0.4 is 0 Å². The van der Waals surface area contributed by atoms with Gasteiger partial charge in [-0.3, -0.25) is 5.10 Å². The highest BCUT2D eigenvalue weighted by Gasteiger charge is 2.34. The van der Waals surface area contributed by atoms with Crippen molar-refractivity contribution < 1.29 is 8.42 Å². The van der Waals surface area contributed by atoms with Gasteiger partial charge in [0.2, 0.25) is 0 Å². The number of nitrogens with zero attached hydrogens (tertiary/aromatic N) is 2. The van der Waals surface area contributed by atoms with Gasteiger partial charge in [-0.25, -0.2) is 8.42 Å². The molecular formula is C11H18ClN3O2S. The number of piperidine rings is 1. The molecule has 2 rings (SSSR count). The van der Waals surface area contributed by atoms with Crippen molar-refractivity contribution in [2.24, 2.45) is 5.41 Å². The summed E-state index contributed by atoms with van der Waals surface area (Å²) in [4.78, 5) is 0. The third kappa shape index (κ3) is 2.55. The molecule has 0 bridgehead atoms. The van der Waals surface area contributed by atoms with Crippen molar-refractivity contribution in [2.75, 3.05) is 13.1 Å². The Morgan fingerprint density at radius 2 is 2.06 bits per heavy atom. The third-order valence-corrected chi connectivity index (χ3v) is 5.70. The van der Waals surface area contributed by atoms with Crippen molar-refractivity contribution in [1.82, 2.24) is 14.5 Å². The molecule has 1 aliphatic rings. The van der Waals surface area contributed by atoms with Crippen molar-refractivity contribution in [3.05, 3.63) is 11.8 Å². The number of rotatable bonds is 3. The summed E-state index contributed by atoms with van der Waals surface area (Å²) in [6.45, 7) is 5.43. The summed E-state index contributed by atoms with van der Waals surface area (Å²) in [6, 6.07) is 0. The first-order valence-electron chi connectivity index (χ1n) is 5.95. The van der Waals surface area contributed by atoms with E-state index in [0.717, 1.165) is 12.8 Å². The van der Waals surface area contributed by atoms with Gasteiger partial charge in [0, 0.05) is 18.7 Å². The molecular weight excluding hydrogens is 274 g/mol. The normalized spacial score (nSPS) is 21.1. The zero-order chi connectivity index (χ0) is 13.4. The molecule has 102 valence electrons. The van der Waals surface area contributed by atoms with Crippen LogP contribution in [-0.2, 0) is 15.9 Å². The molecule has 0 aromatic carbocycles. The fourth-order valence-corrected chi connectivity index (χ4v) is 3.91. The number of alkyl halides is 1. The first-order chi connectivity index (χ1) is 8.37. The first kappa shape index (κ1) is 13.8. The molecule has 2 heterocycles. The van der Waals surface area contributed by atoms with Crippen LogP contribution in [0.15, 0.2) is 11.2 Å². The number of H-pyrrole nitrogens is 1. The molecule has 0 aliphatic carbocycles. The largest absolute Gasteiger partial charge is 0.266 e. The summed E-state index contributed by atoms with van der Waals surface area (Å²) >= 11 is 5.72. The second-order valence-electron chi connectivity index (χ2n) is 5.43. The quantitative estimate of drug-likeness (QED) is 0.866. The van der Waals surface area contributed by atoms with Crippen LogP contribution in [0.3, 0.4) is 0 Å². The van der Waals surface area contributed by atoms with Gasteiger partial charge in [-0.2, -0.15) is 9.40 Å². The summed E-state index contributed by atoms with van der Waals surface area (Å²) in [5.41, 5.74) is 0.747. The molecule has 0 unspecified atom stereocenters. The Kier molecular flexibility index (Phi) is 3.71. The van der Waals surface area contributed by atoms with Crippen molar-refractivity contribution in [3.63, 3.8) is 0 Å². The molecule has 5 nitrogen and oxygen atoms in total. The van der Waals surface area contributed by atoms with Crippen molar-refractivity contribution in [3.8, 4) is 0 Å². The van der Waals surface area contributed by atoms with Crippen LogP contribution in [0.1, 0.15) is 32.3 Å². The SMILES string of the molecule is CC1(C)CCN(S(=O)(=O)c2[nH]ncc2CCl)CC1. The smallest absolute Gasteiger partial charge is 0.260 e. The Balaban J connectivity index is 2.23. The molecule has 0 spiro atoms. The fourth-order valence-electron chi connectivity index (χ4n) is 2.08. The highest BCUT2D eigenvalue weighted by molar-refractivity contribution is 7.89. The van der Waals surface area contributed by atoms with Crippen molar-refractivity contribution in [2.45, 2.75) is 37.6 Å². The molecule has 1 aromatic rings. The maximum atomic E-state index is 12.4. The van der Waals surface area contributed by atoms with E-state index < -0.39 is 10.0 Å². The number of sulfonamides is 1. The molecule has 0 radical (unpaired) electrons. The second kappa shape index (κ2) is 4.83. The molecule has 1 aliphatic heterocycles. The highest BCUT2D eigenvalue weighted by atomic mass is 35.5. The van der Waals surface area contributed by atoms with Crippen LogP contribution in [0, 0.1) is 5.41 Å². The Morgan fingerprint density at radius 3 is 2.61 bits per heavy atom. The van der Waals surface area contributed by atoms with Crippen LogP contribution >= 0.6 is 11.6 Å². The number of halogens is 1. The second-order valence-corrected chi connectivity index (χ2v) is 7.57. The predicted molar refractivity (Wildman–Crippen MR) is 69.9 cm³/mol. The van der Waals surface area contributed by atoms with Crippen LogP contribution in [-0.4, -0.2) is 36.0 Å². The van der Waals surface area contributed by atoms with E-state index in [1.54, 1.807) is 0 Å². The molecule has 1 saturated heterocycles. The van der Waals surface area contributed by atoms with Gasteiger partial charge in [-0.1, -0.05) is 13.8 Å². The average Bonchev–Trinajstić information content (AvgIpc) is 2.77. The maximum Gasteiger partial charge on any atom is 0.260 e. The Hall–Kier alpha value is -0.590. The van der Waals surface area contributed by atoms with Gasteiger partial charge in [0.25, 0.3) is 10.0 Å². The van der Waals surface area contributed by atoms with E-state index in [4.69, 9.17) is 11.6 Å². The molecule has 1 aromatic heterocycles. The molecule has 7 heteroatoms. The van der Waals surface area contributed by atoms with Gasteiger partial charge in [0.1, 0.15) is 0 Å². The summed E-state index contributed by atoms with van der Waals surface area (Å²) in [6.07, 6.45) is 3.21. The van der Waals surface area contributed by atoms with E-state index in [0.29, 0.717) is 18.7 Å². The standard InChI is InChI=1S/C11H18ClN3O2S/c1-11(2)3-5-15(6-4-11)18(16,17)10-9(7-12)8-13-14-10/h8H,3-7H2,1-2H3,(H,13,14). The van der Waals surface area contributed by atoms with Crippen LogP contribution in [0.4, 0.5) is 0 Å². The minimum Gasteiger partial charge on any atom is -0.266 e. The van der Waals surface area contributed by atoms with E-state index in [1.807, 2.05) is 0 Å². The van der Waals surface area contributed by atoms with Gasteiger partial charge in [-0.05, 0) is 18.3 Å². The minimum absolute atomic E-state index is 0.136. The number of hydrogen-bond acceptors (Lipinski definition) is 3. The van der Waals surface area contributed by atoms with Crippen LogP contribution in [0.2, 0.25) is 0 Å². The molecule has 0 amide bonds. The Bertz CT molecular complexity index is 514. The number of aromatic nitrogens is 2. The zero-order valence-corrected chi connectivity index (χ0v) is 12.2. The van der Waals surface area contributed by atoms with Crippen molar-refractivity contribution >= 4 is 21.6 Å². The first-order valence-corrected chi connectivity index (χ1v) is 7.93. The summed E-state index contributed by atoms with van der Waals surface area (Å²) < 4.78 is 26.4. The molecule has 1 N–H and O–H groups in total. The minimum atomic E-state index is -3.48. The van der Waals surface area contributed by atoms with Gasteiger partial charge < -0.3 is 0 Å². The van der Waals surface area contributed by atoms with Gasteiger partial charge >= 0.3 is 0 Å². The Labute approximate surface area is 113 Å². The van der Waals surface area contributed by atoms with Gasteiger partial charge in [0.05, 0.1) is 12.1 Å². The number of nitrogens with one attached hydrogen (secondary N) is 1. The van der Waals surface area contributed by atoms with E-state index in [9.17, 15) is 8.42 Å². The van der Waals surface area contributed by atoms with E-state index in [-0.39, 0.29) is 16.3 Å². The maximum absolute atomic E-state index is 12.4. The Morgan fingerprint density at radius 1 is 1.44 bits per heavy atom. The van der Waals surface area contributed by atoms with Gasteiger partial charge in [-0.15, -0.1) is 11.6 Å². The lowest BCUT2D eigenvalue weighted by molar-refractivity contribution is 0.195. The lowest BCUT2D eigenvalue weighted by Gasteiger charge is -2.35. The summed E-state index contributed by atoms with van der Waals surface area (Å²) in [7, 11) is -3.48. The topological polar surface area (TPSA) is 66.1 Å². The molecule has 0 saturated carbocycles. The van der Waals surface area contributed by atoms with Gasteiger partial charge in [0.15, 0.2) is 5.03 Å². The molecule has 1 fully saturated rings. The molecule has 18 heavy (non-hydrogen) atoms. The van der Waals surface area contributed by atoms with E-state index in [1.165, 1.54) is 10.5 Å². The summed E-state index contributed by atoms with van der Waals surface area (Å²) in [5.74, 6) is 0.143. The fraction of sp³-hybridized carbons (Fsp3) is 0.727. The summed E-state index contributed by atoms with van der Waals surface area (Å²) in [5, 5.41) is 6.45. The average molecular weight is 292 g/mol. The lowest BCUT2D eigenvalue weighted by Crippen LogP contribution is -2.41.